The largest absolute Gasteiger partial charge is 0.382 e. The third-order valence-corrected chi connectivity index (χ3v) is 3.89. The zero-order valence-corrected chi connectivity index (χ0v) is 11.0. The summed E-state index contributed by atoms with van der Waals surface area (Å²) in [5.41, 5.74) is 5.56. The molecule has 2 aromatic carbocycles. The van der Waals surface area contributed by atoms with Crippen LogP contribution >= 0.6 is 0 Å². The zero-order valence-electron chi connectivity index (χ0n) is 11.0. The van der Waals surface area contributed by atoms with Gasteiger partial charge < -0.3 is 5.32 Å². The van der Waals surface area contributed by atoms with Gasteiger partial charge in [0.1, 0.15) is 0 Å². The molecule has 0 aromatic heterocycles. The Hall–Kier alpha value is -1.76. The molecule has 0 spiro atoms. The van der Waals surface area contributed by atoms with Crippen LogP contribution in [-0.2, 0) is 6.42 Å². The van der Waals surface area contributed by atoms with Crippen molar-refractivity contribution in [2.24, 2.45) is 0 Å². The predicted octanol–water partition coefficient (Wildman–Crippen LogP) is 4.14. The van der Waals surface area contributed by atoms with Crippen LogP contribution in [-0.4, -0.2) is 6.04 Å². The second-order valence-corrected chi connectivity index (χ2v) is 5.32. The second-order valence-electron chi connectivity index (χ2n) is 5.32. The van der Waals surface area contributed by atoms with Crippen molar-refractivity contribution in [1.82, 2.24) is 0 Å². The normalized spacial score (nSPS) is 21.4. The van der Waals surface area contributed by atoms with Crippen LogP contribution in [0.4, 0.5) is 5.69 Å². The molecule has 0 bridgehead atoms. The van der Waals surface area contributed by atoms with Gasteiger partial charge in [-0.1, -0.05) is 48.0 Å². The number of nitrogens with one attached hydrogen (secondary N) is 1. The van der Waals surface area contributed by atoms with Crippen molar-refractivity contribution in [1.29, 1.82) is 0 Å². The molecule has 1 N–H and O–H groups in total. The lowest BCUT2D eigenvalue weighted by molar-refractivity contribution is 0.629. The second kappa shape index (κ2) is 4.49. The van der Waals surface area contributed by atoms with Gasteiger partial charge in [-0.15, -0.1) is 0 Å². The van der Waals surface area contributed by atoms with Crippen LogP contribution in [0.5, 0.6) is 0 Å². The van der Waals surface area contributed by atoms with Crippen molar-refractivity contribution in [2.45, 2.75) is 32.2 Å². The molecule has 0 fully saturated rings. The lowest BCUT2D eigenvalue weighted by Crippen LogP contribution is -2.17. The standard InChI is InChI=1S/C17H19N/c1-12-8-9-17-16(10-12)15(13(2)18-17)11-14-6-4-3-5-7-14/h3-10,13,15,18H,11H2,1-2H3/t13-,15+/m0/s1. The molecular weight excluding hydrogens is 218 g/mol. The first-order valence-electron chi connectivity index (χ1n) is 6.65. The van der Waals surface area contributed by atoms with E-state index in [9.17, 15) is 0 Å². The van der Waals surface area contributed by atoms with Crippen molar-refractivity contribution in [3.05, 3.63) is 65.2 Å². The van der Waals surface area contributed by atoms with Gasteiger partial charge in [0.25, 0.3) is 0 Å². The van der Waals surface area contributed by atoms with E-state index in [2.05, 4.69) is 67.7 Å². The van der Waals surface area contributed by atoms with Gasteiger partial charge in [0.2, 0.25) is 0 Å². The lowest BCUT2D eigenvalue weighted by atomic mass is 9.89. The number of hydrogen-bond donors (Lipinski definition) is 1. The number of benzene rings is 2. The van der Waals surface area contributed by atoms with Crippen molar-refractivity contribution in [3.63, 3.8) is 0 Å². The molecule has 1 heterocycles. The Labute approximate surface area is 109 Å². The minimum atomic E-state index is 0.516. The number of hydrogen-bond acceptors (Lipinski definition) is 1. The van der Waals surface area contributed by atoms with Crippen LogP contribution in [0.3, 0.4) is 0 Å². The molecule has 2 aromatic rings. The molecule has 0 aliphatic carbocycles. The smallest absolute Gasteiger partial charge is 0.0378 e. The van der Waals surface area contributed by atoms with Gasteiger partial charge in [-0.2, -0.15) is 0 Å². The van der Waals surface area contributed by atoms with E-state index in [0.29, 0.717) is 12.0 Å². The molecule has 92 valence electrons. The fraction of sp³-hybridized carbons (Fsp3) is 0.294. The molecule has 1 heteroatoms. The predicted molar refractivity (Wildman–Crippen MR) is 77.2 cm³/mol. The number of aryl methyl sites for hydroxylation is 1. The minimum absolute atomic E-state index is 0.516. The number of rotatable bonds is 2. The van der Waals surface area contributed by atoms with Crippen LogP contribution in [0.1, 0.15) is 29.5 Å². The zero-order chi connectivity index (χ0) is 12.5. The highest BCUT2D eigenvalue weighted by atomic mass is 15.0. The molecular formula is C17H19N. The van der Waals surface area contributed by atoms with Gasteiger partial charge in [-0.05, 0) is 37.5 Å². The van der Waals surface area contributed by atoms with Gasteiger partial charge in [-0.3, -0.25) is 0 Å². The highest BCUT2D eigenvalue weighted by Gasteiger charge is 2.28. The maximum Gasteiger partial charge on any atom is 0.0378 e. The van der Waals surface area contributed by atoms with Crippen LogP contribution < -0.4 is 5.32 Å². The molecule has 18 heavy (non-hydrogen) atoms. The first kappa shape index (κ1) is 11.3. The van der Waals surface area contributed by atoms with Crippen molar-refractivity contribution >= 4 is 5.69 Å². The molecule has 3 rings (SSSR count). The molecule has 0 amide bonds. The summed E-state index contributed by atoms with van der Waals surface area (Å²) in [6.45, 7) is 4.45. The molecule has 0 saturated heterocycles. The SMILES string of the molecule is Cc1ccc2c(c1)[C@H](Cc1ccccc1)[C@H](C)N2. The van der Waals surface area contributed by atoms with E-state index in [4.69, 9.17) is 0 Å². The highest BCUT2D eigenvalue weighted by Crippen LogP contribution is 2.38. The van der Waals surface area contributed by atoms with E-state index in [1.807, 2.05) is 0 Å². The summed E-state index contributed by atoms with van der Waals surface area (Å²) in [6.07, 6.45) is 1.12. The summed E-state index contributed by atoms with van der Waals surface area (Å²) in [7, 11) is 0. The van der Waals surface area contributed by atoms with Crippen molar-refractivity contribution in [2.75, 3.05) is 5.32 Å². The molecule has 0 radical (unpaired) electrons. The minimum Gasteiger partial charge on any atom is -0.382 e. The Morgan fingerprint density at radius 3 is 2.61 bits per heavy atom. The molecule has 0 saturated carbocycles. The number of fused-ring (bicyclic) bond motifs is 1. The first-order valence-corrected chi connectivity index (χ1v) is 6.65. The maximum absolute atomic E-state index is 3.59. The Morgan fingerprint density at radius 1 is 1.06 bits per heavy atom. The summed E-state index contributed by atoms with van der Waals surface area (Å²) in [5, 5.41) is 3.59. The first-order chi connectivity index (χ1) is 8.74. The van der Waals surface area contributed by atoms with Gasteiger partial charge in [0.05, 0.1) is 0 Å². The Balaban J connectivity index is 1.92. The third-order valence-electron chi connectivity index (χ3n) is 3.89. The van der Waals surface area contributed by atoms with Gasteiger partial charge in [-0.25, -0.2) is 0 Å². The molecule has 0 unspecified atom stereocenters. The van der Waals surface area contributed by atoms with E-state index in [0.717, 1.165) is 6.42 Å². The van der Waals surface area contributed by atoms with Crippen molar-refractivity contribution < 1.29 is 0 Å². The fourth-order valence-corrected chi connectivity index (χ4v) is 2.89. The van der Waals surface area contributed by atoms with Crippen LogP contribution in [0.15, 0.2) is 48.5 Å². The van der Waals surface area contributed by atoms with Crippen molar-refractivity contribution in [3.8, 4) is 0 Å². The summed E-state index contributed by atoms with van der Waals surface area (Å²) < 4.78 is 0. The highest BCUT2D eigenvalue weighted by molar-refractivity contribution is 5.60. The Kier molecular flexibility index (Phi) is 2.83. The molecule has 2 atom stereocenters. The van der Waals surface area contributed by atoms with E-state index in [-0.39, 0.29) is 0 Å². The average Bonchev–Trinajstić information content (AvgIpc) is 2.67. The summed E-state index contributed by atoms with van der Waals surface area (Å²) in [4.78, 5) is 0. The van der Waals surface area contributed by atoms with Crippen LogP contribution in [0.25, 0.3) is 0 Å². The van der Waals surface area contributed by atoms with E-state index in [1.54, 1.807) is 0 Å². The maximum atomic E-state index is 3.59. The van der Waals surface area contributed by atoms with E-state index < -0.39 is 0 Å². The summed E-state index contributed by atoms with van der Waals surface area (Å²) in [5.74, 6) is 0.585. The fourth-order valence-electron chi connectivity index (χ4n) is 2.89. The quantitative estimate of drug-likeness (QED) is 0.828. The van der Waals surface area contributed by atoms with Crippen LogP contribution in [0.2, 0.25) is 0 Å². The Morgan fingerprint density at radius 2 is 1.83 bits per heavy atom. The molecule has 1 aliphatic rings. The average molecular weight is 237 g/mol. The summed E-state index contributed by atoms with van der Waals surface area (Å²) in [6, 6.07) is 18.0. The van der Waals surface area contributed by atoms with E-state index >= 15 is 0 Å². The topological polar surface area (TPSA) is 12.0 Å². The molecule has 1 nitrogen and oxygen atoms in total. The summed E-state index contributed by atoms with van der Waals surface area (Å²) >= 11 is 0. The number of anilines is 1. The van der Waals surface area contributed by atoms with Crippen LogP contribution in [0, 0.1) is 6.92 Å². The third kappa shape index (κ3) is 2.01. The monoisotopic (exact) mass is 237 g/mol. The van der Waals surface area contributed by atoms with Gasteiger partial charge in [0, 0.05) is 17.6 Å². The van der Waals surface area contributed by atoms with Gasteiger partial charge >= 0.3 is 0 Å². The van der Waals surface area contributed by atoms with E-state index in [1.165, 1.54) is 22.4 Å². The Bertz CT molecular complexity index is 545. The lowest BCUT2D eigenvalue weighted by Gasteiger charge is -2.16. The molecule has 1 aliphatic heterocycles. The van der Waals surface area contributed by atoms with Gasteiger partial charge in [0.15, 0.2) is 0 Å².